The maximum Gasteiger partial charge on any atom is 0.334 e. The Bertz CT molecular complexity index is 172. The highest BCUT2D eigenvalue weighted by molar-refractivity contribution is 6.65. The van der Waals surface area contributed by atoms with Gasteiger partial charge in [-0.25, -0.2) is 0 Å². The topological polar surface area (TPSA) is 51.2 Å². The number of hydrogen-bond donors (Lipinski definition) is 1. The van der Waals surface area contributed by atoms with Crippen LogP contribution in [0.1, 0.15) is 12.8 Å². The molecule has 14 heavy (non-hydrogen) atoms. The fourth-order valence-corrected chi connectivity index (χ4v) is 2.93. The minimum Gasteiger partial charge on any atom is -0.398 e. The summed E-state index contributed by atoms with van der Waals surface area (Å²) in [5, 5.41) is 8.76. The quantitative estimate of drug-likeness (QED) is 0.511. The van der Waals surface area contributed by atoms with Gasteiger partial charge >= 0.3 is 8.56 Å². The number of epoxide rings is 1. The highest BCUT2D eigenvalue weighted by Gasteiger charge is 2.38. The van der Waals surface area contributed by atoms with Crippen LogP contribution in [0.5, 0.6) is 0 Å². The lowest BCUT2D eigenvalue weighted by Gasteiger charge is -2.22. The van der Waals surface area contributed by atoms with Crippen molar-refractivity contribution in [3.05, 3.63) is 0 Å². The smallest absolute Gasteiger partial charge is 0.334 e. The van der Waals surface area contributed by atoms with Crippen molar-refractivity contribution >= 4 is 8.56 Å². The molecule has 1 heterocycles. The Hall–Kier alpha value is 0.0569. The SMILES string of the molecule is CO[Si](C)(CCCC1OC1CO)OC. The van der Waals surface area contributed by atoms with Crippen LogP contribution in [0, 0.1) is 0 Å². The fourth-order valence-electron chi connectivity index (χ4n) is 1.51. The molecule has 84 valence electrons. The zero-order chi connectivity index (χ0) is 10.6. The highest BCUT2D eigenvalue weighted by atomic mass is 28.4. The average Bonchev–Trinajstić information content (AvgIpc) is 2.96. The first-order chi connectivity index (χ1) is 6.65. The summed E-state index contributed by atoms with van der Waals surface area (Å²) in [7, 11) is 1.53. The van der Waals surface area contributed by atoms with Crippen LogP contribution in [0.4, 0.5) is 0 Å². The lowest BCUT2D eigenvalue weighted by molar-refractivity contribution is 0.240. The molecule has 1 aliphatic heterocycles. The standard InChI is InChI=1S/C9H20O4Si/c1-11-14(3,12-2)6-4-5-8-9(7-10)13-8/h8-10H,4-7H2,1-3H3. The predicted molar refractivity (Wildman–Crippen MR) is 55.4 cm³/mol. The van der Waals surface area contributed by atoms with Gasteiger partial charge in [-0.15, -0.1) is 0 Å². The van der Waals surface area contributed by atoms with E-state index in [1.54, 1.807) is 14.2 Å². The number of aliphatic hydroxyl groups is 1. The lowest BCUT2D eigenvalue weighted by atomic mass is 10.2. The van der Waals surface area contributed by atoms with Gasteiger partial charge in [0.15, 0.2) is 0 Å². The first kappa shape index (κ1) is 12.1. The second-order valence-electron chi connectivity index (χ2n) is 3.83. The summed E-state index contributed by atoms with van der Waals surface area (Å²) in [6.45, 7) is 2.21. The van der Waals surface area contributed by atoms with Crippen LogP contribution in [-0.4, -0.2) is 46.7 Å². The van der Waals surface area contributed by atoms with Gasteiger partial charge in [0.2, 0.25) is 0 Å². The van der Waals surface area contributed by atoms with E-state index in [0.29, 0.717) is 0 Å². The van der Waals surface area contributed by atoms with E-state index < -0.39 is 8.56 Å². The molecule has 0 aromatic carbocycles. The van der Waals surface area contributed by atoms with E-state index in [1.807, 2.05) is 0 Å². The Labute approximate surface area is 86.4 Å². The van der Waals surface area contributed by atoms with Crippen molar-refractivity contribution in [1.29, 1.82) is 0 Å². The van der Waals surface area contributed by atoms with Crippen LogP contribution in [-0.2, 0) is 13.6 Å². The Kier molecular flexibility index (Phi) is 4.53. The third-order valence-corrected chi connectivity index (χ3v) is 5.84. The Morgan fingerprint density at radius 3 is 2.36 bits per heavy atom. The zero-order valence-corrected chi connectivity index (χ0v) is 10.2. The van der Waals surface area contributed by atoms with Crippen LogP contribution in [0.25, 0.3) is 0 Å². The zero-order valence-electron chi connectivity index (χ0n) is 9.16. The van der Waals surface area contributed by atoms with Crippen LogP contribution in [0.2, 0.25) is 12.6 Å². The summed E-state index contributed by atoms with van der Waals surface area (Å²) >= 11 is 0. The predicted octanol–water partition coefficient (Wildman–Crippen LogP) is 0.891. The molecule has 0 aromatic rings. The molecule has 4 nitrogen and oxygen atoms in total. The van der Waals surface area contributed by atoms with Crippen molar-refractivity contribution in [1.82, 2.24) is 0 Å². The van der Waals surface area contributed by atoms with Gasteiger partial charge < -0.3 is 18.7 Å². The van der Waals surface area contributed by atoms with Crippen molar-refractivity contribution in [2.75, 3.05) is 20.8 Å². The summed E-state index contributed by atoms with van der Waals surface area (Å²) in [5.74, 6) is 0. The Morgan fingerprint density at radius 1 is 1.29 bits per heavy atom. The molecular weight excluding hydrogens is 200 g/mol. The molecule has 1 rings (SSSR count). The molecule has 0 bridgehead atoms. The van der Waals surface area contributed by atoms with Gasteiger partial charge in [0.1, 0.15) is 6.10 Å². The largest absolute Gasteiger partial charge is 0.398 e. The molecule has 2 atom stereocenters. The lowest BCUT2D eigenvalue weighted by Crippen LogP contribution is -2.35. The van der Waals surface area contributed by atoms with E-state index in [1.165, 1.54) is 0 Å². The van der Waals surface area contributed by atoms with E-state index in [0.717, 1.165) is 18.9 Å². The summed E-state index contributed by atoms with van der Waals surface area (Å²) in [5.41, 5.74) is 0. The van der Waals surface area contributed by atoms with E-state index in [9.17, 15) is 0 Å². The molecule has 0 amide bonds. The maximum absolute atomic E-state index is 8.76. The minimum atomic E-state index is -1.89. The van der Waals surface area contributed by atoms with Gasteiger partial charge in [-0.05, 0) is 25.4 Å². The molecule has 1 fully saturated rings. The second kappa shape index (κ2) is 5.23. The van der Waals surface area contributed by atoms with Gasteiger partial charge in [0.05, 0.1) is 12.7 Å². The maximum atomic E-state index is 8.76. The summed E-state index contributed by atoms with van der Waals surface area (Å²) in [6, 6.07) is 0.984. The summed E-state index contributed by atoms with van der Waals surface area (Å²) in [6.07, 6.45) is 2.41. The summed E-state index contributed by atoms with van der Waals surface area (Å²) in [4.78, 5) is 0. The van der Waals surface area contributed by atoms with Gasteiger partial charge in [0, 0.05) is 14.2 Å². The van der Waals surface area contributed by atoms with Gasteiger partial charge in [-0.3, -0.25) is 0 Å². The van der Waals surface area contributed by atoms with Crippen molar-refractivity contribution in [2.24, 2.45) is 0 Å². The minimum absolute atomic E-state index is 0.0908. The third-order valence-electron chi connectivity index (χ3n) is 2.85. The first-order valence-corrected chi connectivity index (χ1v) is 7.54. The number of ether oxygens (including phenoxy) is 1. The Morgan fingerprint density at radius 2 is 1.93 bits per heavy atom. The van der Waals surface area contributed by atoms with Crippen molar-refractivity contribution in [3.8, 4) is 0 Å². The second-order valence-corrected chi connectivity index (χ2v) is 7.41. The normalized spacial score (nSPS) is 26.6. The molecule has 1 aliphatic rings. The molecule has 1 N–H and O–H groups in total. The molecule has 2 unspecified atom stereocenters. The average molecular weight is 220 g/mol. The van der Waals surface area contributed by atoms with Crippen LogP contribution < -0.4 is 0 Å². The van der Waals surface area contributed by atoms with Crippen molar-refractivity contribution < 1.29 is 18.7 Å². The van der Waals surface area contributed by atoms with Crippen molar-refractivity contribution in [3.63, 3.8) is 0 Å². The first-order valence-electron chi connectivity index (χ1n) is 5.02. The number of aliphatic hydroxyl groups excluding tert-OH is 1. The van der Waals surface area contributed by atoms with E-state index in [-0.39, 0.29) is 18.8 Å². The van der Waals surface area contributed by atoms with E-state index >= 15 is 0 Å². The fraction of sp³-hybridized carbons (Fsp3) is 1.00. The highest BCUT2D eigenvalue weighted by Crippen LogP contribution is 2.28. The van der Waals surface area contributed by atoms with Crippen LogP contribution in [0.15, 0.2) is 0 Å². The van der Waals surface area contributed by atoms with Gasteiger partial charge in [0.25, 0.3) is 0 Å². The van der Waals surface area contributed by atoms with Crippen LogP contribution >= 0.6 is 0 Å². The van der Waals surface area contributed by atoms with Gasteiger partial charge in [-0.1, -0.05) is 0 Å². The monoisotopic (exact) mass is 220 g/mol. The Balaban J connectivity index is 2.09. The molecule has 0 aliphatic carbocycles. The summed E-state index contributed by atoms with van der Waals surface area (Å²) < 4.78 is 16.0. The molecule has 5 heteroatoms. The van der Waals surface area contributed by atoms with Gasteiger partial charge in [-0.2, -0.15) is 0 Å². The molecule has 0 spiro atoms. The molecule has 0 saturated carbocycles. The number of rotatable bonds is 7. The number of hydrogen-bond acceptors (Lipinski definition) is 4. The molecule has 0 aromatic heterocycles. The molecule has 0 radical (unpaired) electrons. The third kappa shape index (κ3) is 3.32. The van der Waals surface area contributed by atoms with E-state index in [4.69, 9.17) is 18.7 Å². The molecular formula is C9H20O4Si. The van der Waals surface area contributed by atoms with Crippen LogP contribution in [0.3, 0.4) is 0 Å². The van der Waals surface area contributed by atoms with E-state index in [2.05, 4.69) is 6.55 Å². The van der Waals surface area contributed by atoms with Crippen molar-refractivity contribution in [2.45, 2.75) is 37.6 Å². The molecule has 1 saturated heterocycles.